The van der Waals surface area contributed by atoms with Crippen LogP contribution in [-0.2, 0) is 9.59 Å². The van der Waals surface area contributed by atoms with Gasteiger partial charge in [-0.2, -0.15) is 0 Å². The van der Waals surface area contributed by atoms with Crippen molar-refractivity contribution in [1.29, 1.82) is 0 Å². The number of carboxylic acids is 1. The molecule has 1 unspecified atom stereocenters. The highest BCUT2D eigenvalue weighted by molar-refractivity contribution is 6.02. The third-order valence-electron chi connectivity index (χ3n) is 1.88. The molecule has 2 N–H and O–H groups in total. The van der Waals surface area contributed by atoms with Crippen LogP contribution in [0, 0.1) is 5.41 Å². The van der Waals surface area contributed by atoms with Crippen LogP contribution in [0.15, 0.2) is 0 Å². The minimum atomic E-state index is -1.18. The van der Waals surface area contributed by atoms with E-state index in [-0.39, 0.29) is 5.91 Å². The zero-order chi connectivity index (χ0) is 7.78. The van der Waals surface area contributed by atoms with Crippen LogP contribution in [0.25, 0.3) is 0 Å². The molecule has 4 nitrogen and oxygen atoms in total. The van der Waals surface area contributed by atoms with Crippen molar-refractivity contribution in [2.24, 2.45) is 5.41 Å². The lowest BCUT2D eigenvalue weighted by atomic mass is 9.89. The van der Waals surface area contributed by atoms with Crippen molar-refractivity contribution < 1.29 is 14.7 Å². The van der Waals surface area contributed by atoms with E-state index in [0.29, 0.717) is 13.0 Å². The monoisotopic (exact) mass is 143 g/mol. The van der Waals surface area contributed by atoms with Crippen molar-refractivity contribution in [2.75, 3.05) is 6.54 Å². The lowest BCUT2D eigenvalue weighted by Crippen LogP contribution is -2.35. The van der Waals surface area contributed by atoms with Crippen molar-refractivity contribution >= 4 is 11.9 Å². The first-order valence-corrected chi connectivity index (χ1v) is 3.09. The van der Waals surface area contributed by atoms with E-state index in [2.05, 4.69) is 5.32 Å². The number of carbonyl (C=O) groups is 2. The average molecular weight is 143 g/mol. The first-order valence-electron chi connectivity index (χ1n) is 3.09. The van der Waals surface area contributed by atoms with Gasteiger partial charge >= 0.3 is 5.97 Å². The van der Waals surface area contributed by atoms with Crippen molar-refractivity contribution in [3.05, 3.63) is 0 Å². The largest absolute Gasteiger partial charge is 0.480 e. The molecule has 1 aliphatic heterocycles. The summed E-state index contributed by atoms with van der Waals surface area (Å²) in [6, 6.07) is 0. The van der Waals surface area contributed by atoms with E-state index in [0.717, 1.165) is 0 Å². The summed E-state index contributed by atoms with van der Waals surface area (Å²) in [6.45, 7) is 1.92. The molecule has 0 radical (unpaired) electrons. The van der Waals surface area contributed by atoms with Gasteiger partial charge in [-0.25, -0.2) is 0 Å². The molecule has 1 heterocycles. The highest BCUT2D eigenvalue weighted by Crippen LogP contribution is 2.25. The molecule has 0 aromatic rings. The second-order valence-corrected chi connectivity index (χ2v) is 2.64. The second kappa shape index (κ2) is 1.97. The number of carbonyl (C=O) groups excluding carboxylic acids is 1. The van der Waals surface area contributed by atoms with Crippen LogP contribution in [0.3, 0.4) is 0 Å². The molecule has 0 aromatic heterocycles. The van der Waals surface area contributed by atoms with Crippen LogP contribution in [-0.4, -0.2) is 23.5 Å². The Labute approximate surface area is 58.2 Å². The summed E-state index contributed by atoms with van der Waals surface area (Å²) in [4.78, 5) is 21.3. The molecule has 1 saturated heterocycles. The van der Waals surface area contributed by atoms with Gasteiger partial charge in [0.25, 0.3) is 0 Å². The van der Waals surface area contributed by atoms with E-state index in [1.165, 1.54) is 6.92 Å². The highest BCUT2D eigenvalue weighted by atomic mass is 16.4. The Bertz CT molecular complexity index is 189. The third kappa shape index (κ3) is 0.761. The van der Waals surface area contributed by atoms with Crippen molar-refractivity contribution in [2.45, 2.75) is 13.3 Å². The lowest BCUT2D eigenvalue weighted by Gasteiger charge is -2.12. The van der Waals surface area contributed by atoms with Crippen LogP contribution >= 0.6 is 0 Å². The van der Waals surface area contributed by atoms with Crippen molar-refractivity contribution in [1.82, 2.24) is 5.32 Å². The molecule has 0 aromatic carbocycles. The van der Waals surface area contributed by atoms with E-state index in [1.54, 1.807) is 0 Å². The predicted molar refractivity (Wildman–Crippen MR) is 33.4 cm³/mol. The Kier molecular flexibility index (Phi) is 1.39. The zero-order valence-corrected chi connectivity index (χ0v) is 5.68. The van der Waals surface area contributed by atoms with Crippen LogP contribution < -0.4 is 5.32 Å². The number of aliphatic carboxylic acids is 1. The summed E-state index contributed by atoms with van der Waals surface area (Å²) in [5.74, 6) is -1.41. The Morgan fingerprint density at radius 3 is 2.60 bits per heavy atom. The molecule has 1 amide bonds. The van der Waals surface area contributed by atoms with Gasteiger partial charge in [0, 0.05) is 6.54 Å². The minimum absolute atomic E-state index is 0.375. The van der Waals surface area contributed by atoms with Crippen LogP contribution in [0.2, 0.25) is 0 Å². The summed E-state index contributed by atoms with van der Waals surface area (Å²) < 4.78 is 0. The summed E-state index contributed by atoms with van der Waals surface area (Å²) in [5.41, 5.74) is -1.18. The van der Waals surface area contributed by atoms with Crippen LogP contribution in [0.1, 0.15) is 13.3 Å². The van der Waals surface area contributed by atoms with E-state index >= 15 is 0 Å². The third-order valence-corrected chi connectivity index (χ3v) is 1.88. The Morgan fingerprint density at radius 1 is 1.80 bits per heavy atom. The summed E-state index contributed by atoms with van der Waals surface area (Å²) in [7, 11) is 0. The molecule has 1 aliphatic rings. The normalized spacial score (nSPS) is 31.9. The van der Waals surface area contributed by atoms with Gasteiger partial charge in [-0.15, -0.1) is 0 Å². The summed E-state index contributed by atoms with van der Waals surface area (Å²) in [5, 5.41) is 11.1. The van der Waals surface area contributed by atoms with Gasteiger partial charge in [-0.05, 0) is 13.3 Å². The lowest BCUT2D eigenvalue weighted by molar-refractivity contribution is -0.152. The van der Waals surface area contributed by atoms with Crippen molar-refractivity contribution in [3.63, 3.8) is 0 Å². The van der Waals surface area contributed by atoms with Gasteiger partial charge in [-0.3, -0.25) is 9.59 Å². The van der Waals surface area contributed by atoms with E-state index in [1.807, 2.05) is 0 Å². The number of rotatable bonds is 1. The molecule has 10 heavy (non-hydrogen) atoms. The quantitative estimate of drug-likeness (QED) is 0.491. The molecular weight excluding hydrogens is 134 g/mol. The topological polar surface area (TPSA) is 66.4 Å². The van der Waals surface area contributed by atoms with Crippen LogP contribution in [0.4, 0.5) is 0 Å². The fraction of sp³-hybridized carbons (Fsp3) is 0.667. The molecular formula is C6H9NO3. The maximum Gasteiger partial charge on any atom is 0.318 e. The SMILES string of the molecule is CC1(C(=O)O)CCNC1=O. The molecule has 0 saturated carbocycles. The molecule has 1 atom stereocenters. The minimum Gasteiger partial charge on any atom is -0.480 e. The fourth-order valence-corrected chi connectivity index (χ4v) is 0.939. The molecule has 0 bridgehead atoms. The maximum atomic E-state index is 10.8. The smallest absolute Gasteiger partial charge is 0.318 e. The van der Waals surface area contributed by atoms with Gasteiger partial charge in [0.1, 0.15) is 5.41 Å². The van der Waals surface area contributed by atoms with Gasteiger partial charge in [0.05, 0.1) is 0 Å². The van der Waals surface area contributed by atoms with Crippen molar-refractivity contribution in [3.8, 4) is 0 Å². The van der Waals surface area contributed by atoms with E-state index < -0.39 is 11.4 Å². The number of nitrogens with one attached hydrogen (secondary N) is 1. The van der Waals surface area contributed by atoms with Crippen LogP contribution in [0.5, 0.6) is 0 Å². The van der Waals surface area contributed by atoms with Gasteiger partial charge < -0.3 is 10.4 Å². The number of amides is 1. The molecule has 0 aliphatic carbocycles. The Morgan fingerprint density at radius 2 is 2.40 bits per heavy atom. The van der Waals surface area contributed by atoms with E-state index in [9.17, 15) is 9.59 Å². The maximum absolute atomic E-state index is 10.8. The highest BCUT2D eigenvalue weighted by Gasteiger charge is 2.44. The Balaban J connectivity index is 2.86. The first kappa shape index (κ1) is 7.05. The fourth-order valence-electron chi connectivity index (χ4n) is 0.939. The molecule has 0 spiro atoms. The standard InChI is InChI=1S/C6H9NO3/c1-6(5(9)10)2-3-7-4(6)8/h2-3H2,1H3,(H,7,8)(H,9,10). The molecule has 56 valence electrons. The summed E-state index contributed by atoms with van der Waals surface area (Å²) >= 11 is 0. The molecule has 1 fully saturated rings. The molecule has 1 rings (SSSR count). The molecule has 4 heteroatoms. The van der Waals surface area contributed by atoms with E-state index in [4.69, 9.17) is 5.11 Å². The predicted octanol–water partition coefficient (Wildman–Crippen LogP) is -0.403. The van der Waals surface area contributed by atoms with Gasteiger partial charge in [0.15, 0.2) is 0 Å². The van der Waals surface area contributed by atoms with Gasteiger partial charge in [0.2, 0.25) is 5.91 Å². The number of hydrogen-bond donors (Lipinski definition) is 2. The number of carboxylic acid groups (broad SMARTS) is 1. The Hall–Kier alpha value is -1.06. The van der Waals surface area contributed by atoms with Gasteiger partial charge in [-0.1, -0.05) is 0 Å². The second-order valence-electron chi connectivity index (χ2n) is 2.64. The first-order chi connectivity index (χ1) is 4.57. The average Bonchev–Trinajstić information content (AvgIpc) is 2.15. The number of hydrogen-bond acceptors (Lipinski definition) is 2. The summed E-state index contributed by atoms with van der Waals surface area (Å²) in [6.07, 6.45) is 0.390. The zero-order valence-electron chi connectivity index (χ0n) is 5.68.